The van der Waals surface area contributed by atoms with Crippen LogP contribution in [0.5, 0.6) is 0 Å². The van der Waals surface area contributed by atoms with Gasteiger partial charge in [-0.1, -0.05) is 6.92 Å². The van der Waals surface area contributed by atoms with Crippen molar-refractivity contribution in [3.63, 3.8) is 0 Å². The van der Waals surface area contributed by atoms with Gasteiger partial charge in [0.1, 0.15) is 0 Å². The summed E-state index contributed by atoms with van der Waals surface area (Å²) in [6, 6.07) is 3.87. The smallest absolute Gasteiger partial charge is 0.241 e. The molecule has 1 heterocycles. The van der Waals surface area contributed by atoms with E-state index in [4.69, 9.17) is 5.73 Å². The van der Waals surface area contributed by atoms with E-state index in [9.17, 15) is 4.79 Å². The molecular formula is C13H22N4O. The second kappa shape index (κ2) is 6.96. The lowest BCUT2D eigenvalue weighted by Crippen LogP contribution is -2.37. The SMILES string of the molecule is CCCN(CC(=O)N(C)C)c1ccc(CN)nc1. The molecule has 0 aliphatic rings. The Morgan fingerprint density at radius 3 is 2.56 bits per heavy atom. The molecule has 100 valence electrons. The molecule has 1 amide bonds. The zero-order valence-electron chi connectivity index (χ0n) is 11.4. The van der Waals surface area contributed by atoms with Gasteiger partial charge < -0.3 is 15.5 Å². The van der Waals surface area contributed by atoms with Gasteiger partial charge in [0, 0.05) is 27.2 Å². The number of rotatable bonds is 6. The highest BCUT2D eigenvalue weighted by Crippen LogP contribution is 2.13. The highest BCUT2D eigenvalue weighted by atomic mass is 16.2. The summed E-state index contributed by atoms with van der Waals surface area (Å²) >= 11 is 0. The largest absolute Gasteiger partial charge is 0.361 e. The van der Waals surface area contributed by atoms with Crippen molar-refractivity contribution in [1.29, 1.82) is 0 Å². The molecule has 0 atom stereocenters. The molecular weight excluding hydrogens is 228 g/mol. The van der Waals surface area contributed by atoms with E-state index in [1.807, 2.05) is 17.0 Å². The standard InChI is InChI=1S/C13H22N4O/c1-4-7-17(10-13(18)16(2)3)12-6-5-11(8-14)15-9-12/h5-6,9H,4,7-8,10,14H2,1-3H3. The summed E-state index contributed by atoms with van der Waals surface area (Å²) in [5.74, 6) is 0.0892. The number of hydrogen-bond acceptors (Lipinski definition) is 4. The Labute approximate surface area is 109 Å². The number of likely N-dealkylation sites (N-methyl/N-ethyl adjacent to an activating group) is 1. The monoisotopic (exact) mass is 250 g/mol. The van der Waals surface area contributed by atoms with E-state index in [-0.39, 0.29) is 5.91 Å². The number of pyridine rings is 1. The zero-order chi connectivity index (χ0) is 13.5. The van der Waals surface area contributed by atoms with Crippen LogP contribution in [0.15, 0.2) is 18.3 Å². The predicted molar refractivity (Wildman–Crippen MR) is 73.3 cm³/mol. The van der Waals surface area contributed by atoms with Gasteiger partial charge in [-0.25, -0.2) is 0 Å². The van der Waals surface area contributed by atoms with Gasteiger partial charge in [-0.15, -0.1) is 0 Å². The molecule has 0 saturated heterocycles. The Kier molecular flexibility index (Phi) is 5.58. The molecule has 0 bridgehead atoms. The molecule has 0 radical (unpaired) electrons. The maximum absolute atomic E-state index is 11.8. The third-order valence-electron chi connectivity index (χ3n) is 2.70. The quantitative estimate of drug-likeness (QED) is 0.813. The molecule has 0 spiro atoms. The average molecular weight is 250 g/mol. The normalized spacial score (nSPS) is 10.2. The van der Waals surface area contributed by atoms with Gasteiger partial charge in [0.05, 0.1) is 24.1 Å². The molecule has 5 nitrogen and oxygen atoms in total. The van der Waals surface area contributed by atoms with Crippen molar-refractivity contribution in [2.45, 2.75) is 19.9 Å². The molecule has 0 fully saturated rings. The Bertz CT molecular complexity index is 375. The van der Waals surface area contributed by atoms with Crippen LogP contribution in [0.2, 0.25) is 0 Å². The van der Waals surface area contributed by atoms with Crippen molar-refractivity contribution in [3.05, 3.63) is 24.0 Å². The van der Waals surface area contributed by atoms with Gasteiger partial charge in [0.25, 0.3) is 0 Å². The third-order valence-corrected chi connectivity index (χ3v) is 2.70. The fourth-order valence-corrected chi connectivity index (χ4v) is 1.60. The minimum atomic E-state index is 0.0892. The molecule has 1 aromatic rings. The second-order valence-corrected chi connectivity index (χ2v) is 4.42. The zero-order valence-corrected chi connectivity index (χ0v) is 11.4. The van der Waals surface area contributed by atoms with Crippen LogP contribution in [0.25, 0.3) is 0 Å². The fourth-order valence-electron chi connectivity index (χ4n) is 1.60. The number of anilines is 1. The van der Waals surface area contributed by atoms with E-state index < -0.39 is 0 Å². The van der Waals surface area contributed by atoms with Crippen molar-refractivity contribution in [1.82, 2.24) is 9.88 Å². The lowest BCUT2D eigenvalue weighted by Gasteiger charge is -2.25. The van der Waals surface area contributed by atoms with Crippen molar-refractivity contribution in [3.8, 4) is 0 Å². The first-order valence-corrected chi connectivity index (χ1v) is 6.18. The second-order valence-electron chi connectivity index (χ2n) is 4.42. The fraction of sp³-hybridized carbons (Fsp3) is 0.538. The van der Waals surface area contributed by atoms with Crippen molar-refractivity contribution in [2.24, 2.45) is 5.73 Å². The molecule has 18 heavy (non-hydrogen) atoms. The Morgan fingerprint density at radius 2 is 2.11 bits per heavy atom. The van der Waals surface area contributed by atoms with Gasteiger partial charge >= 0.3 is 0 Å². The molecule has 0 unspecified atom stereocenters. The number of nitrogens with two attached hydrogens (primary N) is 1. The van der Waals surface area contributed by atoms with Crippen LogP contribution in [0, 0.1) is 0 Å². The molecule has 0 aliphatic heterocycles. The first-order chi connectivity index (χ1) is 8.58. The molecule has 5 heteroatoms. The summed E-state index contributed by atoms with van der Waals surface area (Å²) in [6.45, 7) is 3.74. The summed E-state index contributed by atoms with van der Waals surface area (Å²) in [6.07, 6.45) is 2.76. The molecule has 1 aromatic heterocycles. The van der Waals surface area contributed by atoms with Crippen LogP contribution in [-0.2, 0) is 11.3 Å². The number of nitrogens with zero attached hydrogens (tertiary/aromatic N) is 3. The van der Waals surface area contributed by atoms with Crippen LogP contribution < -0.4 is 10.6 Å². The van der Waals surface area contributed by atoms with Crippen molar-refractivity contribution < 1.29 is 4.79 Å². The van der Waals surface area contributed by atoms with Crippen LogP contribution >= 0.6 is 0 Å². The lowest BCUT2D eigenvalue weighted by atomic mass is 10.3. The number of carbonyl (C=O) groups is 1. The van der Waals surface area contributed by atoms with Crippen LogP contribution in [0.1, 0.15) is 19.0 Å². The first kappa shape index (κ1) is 14.4. The van der Waals surface area contributed by atoms with E-state index in [1.165, 1.54) is 0 Å². The van der Waals surface area contributed by atoms with E-state index in [0.717, 1.165) is 24.3 Å². The van der Waals surface area contributed by atoms with Crippen LogP contribution in [0.4, 0.5) is 5.69 Å². The number of amides is 1. The van der Waals surface area contributed by atoms with Crippen LogP contribution in [0.3, 0.4) is 0 Å². The third kappa shape index (κ3) is 4.00. The van der Waals surface area contributed by atoms with Gasteiger partial charge in [0.2, 0.25) is 5.91 Å². The maximum atomic E-state index is 11.8. The Balaban J connectivity index is 2.79. The van der Waals surface area contributed by atoms with Gasteiger partial charge in [-0.3, -0.25) is 9.78 Å². The number of aromatic nitrogens is 1. The molecule has 0 saturated carbocycles. The summed E-state index contributed by atoms with van der Waals surface area (Å²) in [5, 5.41) is 0. The Morgan fingerprint density at radius 1 is 1.39 bits per heavy atom. The van der Waals surface area contributed by atoms with Gasteiger partial charge in [0.15, 0.2) is 0 Å². The summed E-state index contributed by atoms with van der Waals surface area (Å²) in [4.78, 5) is 19.7. The van der Waals surface area contributed by atoms with E-state index >= 15 is 0 Å². The predicted octanol–water partition coefficient (Wildman–Crippen LogP) is 0.845. The topological polar surface area (TPSA) is 62.5 Å². The van der Waals surface area contributed by atoms with Crippen LogP contribution in [-0.4, -0.2) is 43.0 Å². The van der Waals surface area contributed by atoms with Gasteiger partial charge in [-0.2, -0.15) is 0 Å². The van der Waals surface area contributed by atoms with Crippen molar-refractivity contribution in [2.75, 3.05) is 32.1 Å². The minimum Gasteiger partial charge on any atom is -0.361 e. The summed E-state index contributed by atoms with van der Waals surface area (Å²) < 4.78 is 0. The van der Waals surface area contributed by atoms with E-state index in [2.05, 4.69) is 11.9 Å². The highest BCUT2D eigenvalue weighted by Gasteiger charge is 2.12. The molecule has 0 aliphatic carbocycles. The summed E-state index contributed by atoms with van der Waals surface area (Å²) in [5.41, 5.74) is 7.34. The van der Waals surface area contributed by atoms with Crippen molar-refractivity contribution >= 4 is 11.6 Å². The van der Waals surface area contributed by atoms with E-state index in [0.29, 0.717) is 13.1 Å². The molecule has 1 rings (SSSR count). The maximum Gasteiger partial charge on any atom is 0.241 e. The molecule has 2 N–H and O–H groups in total. The highest BCUT2D eigenvalue weighted by molar-refractivity contribution is 5.80. The average Bonchev–Trinajstić information content (AvgIpc) is 2.38. The van der Waals surface area contributed by atoms with E-state index in [1.54, 1.807) is 25.2 Å². The molecule has 0 aromatic carbocycles. The minimum absolute atomic E-state index is 0.0892. The van der Waals surface area contributed by atoms with Gasteiger partial charge in [-0.05, 0) is 18.6 Å². The first-order valence-electron chi connectivity index (χ1n) is 6.18. The summed E-state index contributed by atoms with van der Waals surface area (Å²) in [7, 11) is 3.53. The number of carbonyl (C=O) groups excluding carboxylic acids is 1. The lowest BCUT2D eigenvalue weighted by molar-refractivity contribution is -0.127. The number of hydrogen-bond donors (Lipinski definition) is 1. The Hall–Kier alpha value is -1.62.